The van der Waals surface area contributed by atoms with Gasteiger partial charge in [-0.3, -0.25) is 4.79 Å². The van der Waals surface area contributed by atoms with E-state index in [0.717, 1.165) is 6.20 Å². The van der Waals surface area contributed by atoms with Crippen LogP contribution in [0.5, 0.6) is 11.5 Å². The quantitative estimate of drug-likeness (QED) is 0.361. The van der Waals surface area contributed by atoms with Gasteiger partial charge < -0.3 is 29.6 Å². The minimum Gasteiger partial charge on any atom is -0.497 e. The first-order valence-electron chi connectivity index (χ1n) is 9.09. The molecule has 0 aliphatic carbocycles. The molecule has 1 amide bonds. The molecule has 0 heterocycles. The average Bonchev–Trinajstić information content (AvgIpc) is 2.83. The molecule has 10 nitrogen and oxygen atoms in total. The predicted molar refractivity (Wildman–Crippen MR) is 115 cm³/mol. The highest BCUT2D eigenvalue weighted by Crippen LogP contribution is 2.29. The van der Waals surface area contributed by atoms with Crippen LogP contribution in [-0.2, 0) is 14.3 Å². The minimum atomic E-state index is -0.740. The number of ether oxygens (including phenoxy) is 4. The lowest BCUT2D eigenvalue weighted by atomic mass is 10.1. The van der Waals surface area contributed by atoms with Crippen LogP contribution < -0.4 is 20.1 Å². The summed E-state index contributed by atoms with van der Waals surface area (Å²) in [5, 5.41) is 14.7. The second-order valence-corrected chi connectivity index (χ2v) is 6.08. The van der Waals surface area contributed by atoms with Crippen LogP contribution in [0.2, 0.25) is 0 Å². The van der Waals surface area contributed by atoms with Crippen molar-refractivity contribution in [2.24, 2.45) is 0 Å². The van der Waals surface area contributed by atoms with Crippen molar-refractivity contribution in [3.05, 3.63) is 59.3 Å². The summed E-state index contributed by atoms with van der Waals surface area (Å²) >= 11 is 0. The maximum absolute atomic E-state index is 12.6. The number of carbonyl (C=O) groups excluding carboxylic acids is 3. The van der Waals surface area contributed by atoms with Gasteiger partial charge in [0.25, 0.3) is 5.91 Å². The maximum atomic E-state index is 12.6. The first-order chi connectivity index (χ1) is 15.4. The largest absolute Gasteiger partial charge is 0.497 e. The Hall–Kier alpha value is -4.52. The molecule has 0 aromatic heterocycles. The predicted octanol–water partition coefficient (Wildman–Crippen LogP) is 2.74. The summed E-state index contributed by atoms with van der Waals surface area (Å²) in [5.74, 6) is -1.21. The number of methoxy groups -OCH3 is 4. The number of amides is 1. The van der Waals surface area contributed by atoms with Gasteiger partial charge in [0.15, 0.2) is 0 Å². The van der Waals surface area contributed by atoms with Crippen LogP contribution in [-0.4, -0.2) is 46.3 Å². The number of hydrogen-bond acceptors (Lipinski definition) is 9. The third kappa shape index (κ3) is 5.54. The Labute approximate surface area is 184 Å². The monoisotopic (exact) mass is 439 g/mol. The Kier molecular flexibility index (Phi) is 8.19. The molecule has 0 saturated heterocycles. The molecular formula is C22H21N3O7. The lowest BCUT2D eigenvalue weighted by Gasteiger charge is -2.12. The standard InChI is InChI=1S/C22H21N3O7/c1-29-15-6-8-19(30-2)18(10-15)25-20(26)14(11-23)12-24-17-9-13(21(27)31-3)5-7-16(17)22(28)32-4/h5-10,12,24H,1-4H3,(H,25,26)/b14-12-. The molecule has 0 aliphatic heterocycles. The zero-order chi connectivity index (χ0) is 23.7. The number of rotatable bonds is 8. The van der Waals surface area contributed by atoms with Gasteiger partial charge in [0.1, 0.15) is 23.1 Å². The molecule has 0 radical (unpaired) electrons. The van der Waals surface area contributed by atoms with Crippen molar-refractivity contribution in [1.82, 2.24) is 0 Å². The summed E-state index contributed by atoms with van der Waals surface area (Å²) in [6.07, 6.45) is 1.10. The molecular weight excluding hydrogens is 418 g/mol. The Balaban J connectivity index is 2.35. The van der Waals surface area contributed by atoms with Crippen LogP contribution in [0.1, 0.15) is 20.7 Å². The molecule has 0 fully saturated rings. The third-order valence-corrected chi connectivity index (χ3v) is 4.24. The molecule has 0 aliphatic rings. The molecule has 2 aromatic rings. The van der Waals surface area contributed by atoms with Gasteiger partial charge in [-0.1, -0.05) is 0 Å². The third-order valence-electron chi connectivity index (χ3n) is 4.24. The molecule has 0 atom stereocenters. The first kappa shape index (κ1) is 23.8. The zero-order valence-corrected chi connectivity index (χ0v) is 17.8. The molecule has 0 unspecified atom stereocenters. The fourth-order valence-corrected chi connectivity index (χ4v) is 2.60. The van der Waals surface area contributed by atoms with Gasteiger partial charge in [0.05, 0.1) is 50.9 Å². The molecule has 0 spiro atoms. The van der Waals surface area contributed by atoms with E-state index in [-0.39, 0.29) is 22.4 Å². The van der Waals surface area contributed by atoms with E-state index in [0.29, 0.717) is 17.2 Å². The number of benzene rings is 2. The molecule has 2 N–H and O–H groups in total. The topological polar surface area (TPSA) is 136 Å². The highest BCUT2D eigenvalue weighted by molar-refractivity contribution is 6.07. The Morgan fingerprint density at radius 1 is 0.906 bits per heavy atom. The van der Waals surface area contributed by atoms with Crippen molar-refractivity contribution < 1.29 is 33.3 Å². The highest BCUT2D eigenvalue weighted by Gasteiger charge is 2.17. The lowest BCUT2D eigenvalue weighted by Crippen LogP contribution is -2.16. The van der Waals surface area contributed by atoms with E-state index >= 15 is 0 Å². The molecule has 166 valence electrons. The van der Waals surface area contributed by atoms with Gasteiger partial charge in [-0.05, 0) is 30.3 Å². The number of nitrogens with one attached hydrogen (secondary N) is 2. The van der Waals surface area contributed by atoms with Crippen LogP contribution in [0.25, 0.3) is 0 Å². The molecule has 2 aromatic carbocycles. The molecule has 0 bridgehead atoms. The number of carbonyl (C=O) groups is 3. The van der Waals surface area contributed by atoms with E-state index in [2.05, 4.69) is 15.4 Å². The number of nitrogens with zero attached hydrogens (tertiary/aromatic N) is 1. The smallest absolute Gasteiger partial charge is 0.339 e. The lowest BCUT2D eigenvalue weighted by molar-refractivity contribution is -0.112. The van der Waals surface area contributed by atoms with Crippen LogP contribution in [0.15, 0.2) is 48.2 Å². The van der Waals surface area contributed by atoms with E-state index in [1.807, 2.05) is 0 Å². The summed E-state index contributed by atoms with van der Waals surface area (Å²) in [6.45, 7) is 0. The van der Waals surface area contributed by atoms with Crippen LogP contribution >= 0.6 is 0 Å². The van der Waals surface area contributed by atoms with E-state index in [1.165, 1.54) is 52.7 Å². The maximum Gasteiger partial charge on any atom is 0.339 e. The van der Waals surface area contributed by atoms with Gasteiger partial charge in [-0.15, -0.1) is 0 Å². The van der Waals surface area contributed by atoms with Crippen molar-refractivity contribution in [2.45, 2.75) is 0 Å². The Bertz CT molecular complexity index is 1100. The number of nitriles is 1. The van der Waals surface area contributed by atoms with Crippen molar-refractivity contribution >= 4 is 29.2 Å². The van der Waals surface area contributed by atoms with E-state index < -0.39 is 17.8 Å². The molecule has 0 saturated carbocycles. The van der Waals surface area contributed by atoms with Crippen LogP contribution in [0, 0.1) is 11.3 Å². The fourth-order valence-electron chi connectivity index (χ4n) is 2.60. The SMILES string of the molecule is COC(=O)c1ccc(C(=O)OC)c(N/C=C(/C#N)C(=O)Nc2cc(OC)ccc2OC)c1. The second-order valence-electron chi connectivity index (χ2n) is 6.08. The van der Waals surface area contributed by atoms with Gasteiger partial charge >= 0.3 is 11.9 Å². The Morgan fingerprint density at radius 3 is 2.22 bits per heavy atom. The van der Waals surface area contributed by atoms with E-state index in [9.17, 15) is 19.6 Å². The van der Waals surface area contributed by atoms with Gasteiger partial charge in [0, 0.05) is 12.3 Å². The number of esters is 2. The van der Waals surface area contributed by atoms with Gasteiger partial charge in [0.2, 0.25) is 0 Å². The summed E-state index contributed by atoms with van der Waals surface area (Å²) in [5.41, 5.74) is 0.359. The second kappa shape index (κ2) is 11.0. The summed E-state index contributed by atoms with van der Waals surface area (Å²) in [6, 6.07) is 10.7. The summed E-state index contributed by atoms with van der Waals surface area (Å²) in [7, 11) is 5.32. The highest BCUT2D eigenvalue weighted by atomic mass is 16.5. The number of hydrogen-bond donors (Lipinski definition) is 2. The van der Waals surface area contributed by atoms with Crippen molar-refractivity contribution in [3.8, 4) is 17.6 Å². The van der Waals surface area contributed by atoms with Gasteiger partial charge in [-0.2, -0.15) is 5.26 Å². The fraction of sp³-hybridized carbons (Fsp3) is 0.182. The van der Waals surface area contributed by atoms with E-state index in [1.54, 1.807) is 18.2 Å². The molecule has 32 heavy (non-hydrogen) atoms. The Morgan fingerprint density at radius 2 is 1.62 bits per heavy atom. The van der Waals surface area contributed by atoms with Crippen molar-refractivity contribution in [1.29, 1.82) is 5.26 Å². The normalized spacial score (nSPS) is 10.4. The van der Waals surface area contributed by atoms with Crippen LogP contribution in [0.3, 0.4) is 0 Å². The average molecular weight is 439 g/mol. The van der Waals surface area contributed by atoms with Crippen molar-refractivity contribution in [3.63, 3.8) is 0 Å². The van der Waals surface area contributed by atoms with E-state index in [4.69, 9.17) is 14.2 Å². The molecule has 10 heteroatoms. The molecule has 2 rings (SSSR count). The summed E-state index contributed by atoms with van der Waals surface area (Å²) in [4.78, 5) is 36.5. The summed E-state index contributed by atoms with van der Waals surface area (Å²) < 4.78 is 19.7. The van der Waals surface area contributed by atoms with Crippen LogP contribution in [0.4, 0.5) is 11.4 Å². The zero-order valence-electron chi connectivity index (χ0n) is 17.8. The minimum absolute atomic E-state index is 0.0866. The number of anilines is 2. The van der Waals surface area contributed by atoms with Gasteiger partial charge in [-0.25, -0.2) is 9.59 Å². The van der Waals surface area contributed by atoms with Crippen molar-refractivity contribution in [2.75, 3.05) is 39.1 Å². The first-order valence-corrected chi connectivity index (χ1v) is 9.09.